The molecule has 0 radical (unpaired) electrons. The lowest BCUT2D eigenvalue weighted by atomic mass is 10.1. The highest BCUT2D eigenvalue weighted by Gasteiger charge is 2.24. The van der Waals surface area contributed by atoms with Gasteiger partial charge in [-0.3, -0.25) is 19.9 Å². The quantitative estimate of drug-likeness (QED) is 0.491. The summed E-state index contributed by atoms with van der Waals surface area (Å²) in [6.45, 7) is 0. The summed E-state index contributed by atoms with van der Waals surface area (Å²) in [5.74, 6) is -0.130. The summed E-state index contributed by atoms with van der Waals surface area (Å²) in [6.07, 6.45) is 5.02. The molecule has 0 saturated carbocycles. The first kappa shape index (κ1) is 15.1. The monoisotopic (exact) mass is 327 g/mol. The Balaban J connectivity index is 1.97. The van der Waals surface area contributed by atoms with Crippen LogP contribution in [0, 0.1) is 10.1 Å². The molecule has 2 aromatic rings. The maximum absolute atomic E-state index is 12.1. The number of nitro groups is 1. The molecule has 0 atom stereocenters. The Labute approximate surface area is 136 Å². The van der Waals surface area contributed by atoms with E-state index in [0.717, 1.165) is 5.56 Å². The average Bonchev–Trinajstić information content (AvgIpc) is 2.89. The highest BCUT2D eigenvalue weighted by Crippen LogP contribution is 2.28. The molecular weight excluding hydrogens is 318 g/mol. The van der Waals surface area contributed by atoms with Gasteiger partial charge in [0, 0.05) is 24.0 Å². The van der Waals surface area contributed by atoms with Gasteiger partial charge in [-0.1, -0.05) is 17.7 Å². The Hall–Kier alpha value is -2.86. The highest BCUT2D eigenvalue weighted by atomic mass is 35.5. The maximum atomic E-state index is 12.1. The molecule has 1 aliphatic rings. The molecule has 0 spiro atoms. The number of Topliss-reactive ketones (excluding diaryl/α,β-unsaturated/α-hetero) is 1. The summed E-state index contributed by atoms with van der Waals surface area (Å²) in [4.78, 5) is 30.7. The van der Waals surface area contributed by atoms with Crippen molar-refractivity contribution in [1.29, 1.82) is 0 Å². The molecule has 0 bridgehead atoms. The van der Waals surface area contributed by atoms with Crippen LogP contribution in [0.1, 0.15) is 17.5 Å². The molecule has 1 aromatic heterocycles. The smallest absolute Gasteiger partial charge is 0.288 e. The number of ketones is 1. The lowest BCUT2D eigenvalue weighted by Gasteiger charge is -2.00. The minimum absolute atomic E-state index is 0.0521. The lowest BCUT2D eigenvalue weighted by molar-refractivity contribution is -0.384. The molecule has 0 saturated heterocycles. The first-order valence-electron chi connectivity index (χ1n) is 6.71. The van der Waals surface area contributed by atoms with E-state index in [0.29, 0.717) is 17.0 Å². The SMILES string of the molecule is O=C1CC(c2ccc(Cl)c([N+](=O)[O-])c2)=N/C1=C/c1ccncc1. The fourth-order valence-electron chi connectivity index (χ4n) is 2.22. The van der Waals surface area contributed by atoms with E-state index in [1.54, 1.807) is 36.7 Å². The molecule has 0 unspecified atom stereocenters. The normalized spacial score (nSPS) is 15.8. The molecular formula is C16H10ClN3O3. The fraction of sp³-hybridized carbons (Fsp3) is 0.0625. The number of allylic oxidation sites excluding steroid dienone is 1. The average molecular weight is 328 g/mol. The molecule has 2 heterocycles. The number of rotatable bonds is 3. The van der Waals surface area contributed by atoms with Crippen LogP contribution in [-0.2, 0) is 4.79 Å². The summed E-state index contributed by atoms with van der Waals surface area (Å²) >= 11 is 5.80. The second-order valence-electron chi connectivity index (χ2n) is 4.89. The van der Waals surface area contributed by atoms with E-state index in [2.05, 4.69) is 9.98 Å². The molecule has 6 nitrogen and oxygen atoms in total. The third kappa shape index (κ3) is 3.17. The Bertz CT molecular complexity index is 860. The van der Waals surface area contributed by atoms with E-state index >= 15 is 0 Å². The first-order chi connectivity index (χ1) is 11.0. The van der Waals surface area contributed by atoms with Crippen LogP contribution in [0.4, 0.5) is 5.69 Å². The van der Waals surface area contributed by atoms with Crippen LogP contribution in [0.5, 0.6) is 0 Å². The molecule has 23 heavy (non-hydrogen) atoms. The first-order valence-corrected chi connectivity index (χ1v) is 7.09. The van der Waals surface area contributed by atoms with Gasteiger partial charge < -0.3 is 0 Å². The number of hydrogen-bond donors (Lipinski definition) is 0. The van der Waals surface area contributed by atoms with E-state index in [-0.39, 0.29) is 22.9 Å². The number of hydrogen-bond acceptors (Lipinski definition) is 5. The molecule has 114 valence electrons. The van der Waals surface area contributed by atoms with Crippen molar-refractivity contribution in [3.63, 3.8) is 0 Å². The van der Waals surface area contributed by atoms with Gasteiger partial charge in [0.05, 0.1) is 17.1 Å². The minimum atomic E-state index is -0.559. The van der Waals surface area contributed by atoms with Crippen molar-refractivity contribution in [2.75, 3.05) is 0 Å². The van der Waals surface area contributed by atoms with Gasteiger partial charge in [0.25, 0.3) is 5.69 Å². The van der Waals surface area contributed by atoms with Crippen LogP contribution in [0.2, 0.25) is 5.02 Å². The van der Waals surface area contributed by atoms with E-state index in [1.807, 2.05) is 0 Å². The molecule has 0 fully saturated rings. The number of aromatic nitrogens is 1. The van der Waals surface area contributed by atoms with Crippen LogP contribution in [-0.4, -0.2) is 21.4 Å². The third-order valence-corrected chi connectivity index (χ3v) is 3.67. The lowest BCUT2D eigenvalue weighted by Crippen LogP contribution is -2.02. The summed E-state index contributed by atoms with van der Waals surface area (Å²) in [6, 6.07) is 7.93. The molecule has 1 aromatic carbocycles. The number of pyridine rings is 1. The van der Waals surface area contributed by atoms with Gasteiger partial charge in [-0.25, -0.2) is 4.99 Å². The van der Waals surface area contributed by atoms with Crippen molar-refractivity contribution < 1.29 is 9.72 Å². The zero-order valence-corrected chi connectivity index (χ0v) is 12.5. The second kappa shape index (κ2) is 6.10. The van der Waals surface area contributed by atoms with Crippen LogP contribution >= 0.6 is 11.6 Å². The van der Waals surface area contributed by atoms with Crippen LogP contribution in [0.3, 0.4) is 0 Å². The third-order valence-electron chi connectivity index (χ3n) is 3.35. The van der Waals surface area contributed by atoms with Gasteiger partial charge in [0.1, 0.15) is 10.7 Å². The number of nitro benzene ring substituents is 1. The van der Waals surface area contributed by atoms with Gasteiger partial charge >= 0.3 is 0 Å². The topological polar surface area (TPSA) is 85.5 Å². The number of nitrogens with zero attached hydrogens (tertiary/aromatic N) is 3. The Morgan fingerprint density at radius 2 is 1.96 bits per heavy atom. The van der Waals surface area contributed by atoms with Gasteiger partial charge in [-0.05, 0) is 29.8 Å². The highest BCUT2D eigenvalue weighted by molar-refractivity contribution is 6.33. The molecule has 0 N–H and O–H groups in total. The Morgan fingerprint density at radius 3 is 2.65 bits per heavy atom. The van der Waals surface area contributed by atoms with Crippen LogP contribution in [0.15, 0.2) is 53.4 Å². The summed E-state index contributed by atoms with van der Waals surface area (Å²) in [5, 5.41) is 11.0. The van der Waals surface area contributed by atoms with Crippen LogP contribution < -0.4 is 0 Å². The van der Waals surface area contributed by atoms with E-state index < -0.39 is 4.92 Å². The van der Waals surface area contributed by atoms with Crippen molar-refractivity contribution >= 4 is 34.9 Å². The van der Waals surface area contributed by atoms with Crippen molar-refractivity contribution in [1.82, 2.24) is 4.98 Å². The van der Waals surface area contributed by atoms with E-state index in [9.17, 15) is 14.9 Å². The number of carbonyl (C=O) groups is 1. The number of aliphatic imine (C=N–C) groups is 1. The summed E-state index contributed by atoms with van der Waals surface area (Å²) < 4.78 is 0. The van der Waals surface area contributed by atoms with Crippen molar-refractivity contribution in [2.45, 2.75) is 6.42 Å². The molecule has 0 aliphatic carbocycles. The van der Waals surface area contributed by atoms with E-state index in [4.69, 9.17) is 11.6 Å². The van der Waals surface area contributed by atoms with Gasteiger partial charge in [-0.2, -0.15) is 0 Å². The van der Waals surface area contributed by atoms with Crippen molar-refractivity contribution in [2.24, 2.45) is 4.99 Å². The van der Waals surface area contributed by atoms with Gasteiger partial charge in [-0.15, -0.1) is 0 Å². The maximum Gasteiger partial charge on any atom is 0.288 e. The van der Waals surface area contributed by atoms with E-state index in [1.165, 1.54) is 12.1 Å². The standard InChI is InChI=1S/C16H10ClN3O3/c17-12-2-1-11(8-15(12)20(22)23)13-9-16(21)14(19-13)7-10-3-5-18-6-4-10/h1-8H,9H2/b14-7+. The minimum Gasteiger partial charge on any atom is -0.292 e. The number of benzene rings is 1. The zero-order chi connectivity index (χ0) is 16.4. The fourth-order valence-corrected chi connectivity index (χ4v) is 2.41. The van der Waals surface area contributed by atoms with Gasteiger partial charge in [0.15, 0.2) is 5.78 Å². The molecule has 0 amide bonds. The Morgan fingerprint density at radius 1 is 1.22 bits per heavy atom. The van der Waals surface area contributed by atoms with Crippen molar-refractivity contribution in [3.05, 3.63) is 74.7 Å². The predicted octanol–water partition coefficient (Wildman–Crippen LogP) is 3.45. The number of halogens is 1. The van der Waals surface area contributed by atoms with Crippen molar-refractivity contribution in [3.8, 4) is 0 Å². The molecule has 3 rings (SSSR count). The molecule has 1 aliphatic heterocycles. The zero-order valence-electron chi connectivity index (χ0n) is 11.8. The second-order valence-corrected chi connectivity index (χ2v) is 5.30. The number of carbonyl (C=O) groups excluding carboxylic acids is 1. The summed E-state index contributed by atoms with van der Waals surface area (Å²) in [5.41, 5.74) is 1.95. The molecule has 7 heteroatoms. The predicted molar refractivity (Wildman–Crippen MR) is 86.5 cm³/mol. The Kier molecular flexibility index (Phi) is 3.99. The largest absolute Gasteiger partial charge is 0.292 e. The van der Waals surface area contributed by atoms with Gasteiger partial charge in [0.2, 0.25) is 0 Å². The summed E-state index contributed by atoms with van der Waals surface area (Å²) in [7, 11) is 0. The van der Waals surface area contributed by atoms with Crippen LogP contribution in [0.25, 0.3) is 6.08 Å².